The Hall–Kier alpha value is -2.30. The Bertz CT molecular complexity index is 1250. The van der Waals surface area contributed by atoms with Crippen molar-refractivity contribution >= 4 is 32.3 Å². The number of hydrogen-bond donors (Lipinski definition) is 1. The lowest BCUT2D eigenvalue weighted by Crippen LogP contribution is -2.38. The summed E-state index contributed by atoms with van der Waals surface area (Å²) in [6.45, 7) is 2.06. The van der Waals surface area contributed by atoms with E-state index in [1.807, 2.05) is 6.92 Å². The van der Waals surface area contributed by atoms with E-state index in [1.165, 1.54) is 41.2 Å². The lowest BCUT2D eigenvalue weighted by Gasteiger charge is -2.14. The van der Waals surface area contributed by atoms with Crippen molar-refractivity contribution in [2.75, 3.05) is 0 Å². The standard InChI is InChI=1S/C17H18N4O4S2/c1-17(5-6-17)19-27(24,25)11-3-4-13-12(9-11)15(22)20(2)16(23)21(13)10-14-18-7-8-26-14/h3-4,7-9,19H,5-6,10H2,1-2H3. The van der Waals surface area contributed by atoms with Crippen LogP contribution in [0.5, 0.6) is 0 Å². The van der Waals surface area contributed by atoms with E-state index in [-0.39, 0.29) is 16.8 Å². The summed E-state index contributed by atoms with van der Waals surface area (Å²) in [5.41, 5.74) is -1.03. The largest absolute Gasteiger partial charge is 0.331 e. The molecule has 27 heavy (non-hydrogen) atoms. The third-order valence-corrected chi connectivity index (χ3v) is 7.18. The van der Waals surface area contributed by atoms with E-state index in [0.29, 0.717) is 5.52 Å². The van der Waals surface area contributed by atoms with E-state index >= 15 is 0 Å². The number of thiazole rings is 1. The van der Waals surface area contributed by atoms with Crippen LogP contribution in [0, 0.1) is 0 Å². The lowest BCUT2D eigenvalue weighted by molar-refractivity contribution is 0.558. The van der Waals surface area contributed by atoms with Crippen molar-refractivity contribution in [1.82, 2.24) is 18.8 Å². The van der Waals surface area contributed by atoms with Crippen molar-refractivity contribution in [1.29, 1.82) is 0 Å². The molecule has 1 N–H and O–H groups in total. The zero-order valence-electron chi connectivity index (χ0n) is 14.8. The quantitative estimate of drug-likeness (QED) is 0.682. The molecule has 1 saturated carbocycles. The van der Waals surface area contributed by atoms with Crippen LogP contribution in [0.4, 0.5) is 0 Å². The van der Waals surface area contributed by atoms with Gasteiger partial charge in [0.25, 0.3) is 5.56 Å². The summed E-state index contributed by atoms with van der Waals surface area (Å²) >= 11 is 1.40. The van der Waals surface area contributed by atoms with Crippen LogP contribution in [0.2, 0.25) is 0 Å². The molecule has 10 heteroatoms. The zero-order valence-corrected chi connectivity index (χ0v) is 16.4. The van der Waals surface area contributed by atoms with Crippen LogP contribution in [0.25, 0.3) is 10.9 Å². The van der Waals surface area contributed by atoms with E-state index in [2.05, 4.69) is 9.71 Å². The van der Waals surface area contributed by atoms with Crippen molar-refractivity contribution in [2.45, 2.75) is 36.7 Å². The maximum atomic E-state index is 12.6. The molecule has 4 rings (SSSR count). The van der Waals surface area contributed by atoms with Crippen molar-refractivity contribution in [3.05, 3.63) is 55.6 Å². The Morgan fingerprint density at radius 1 is 1.30 bits per heavy atom. The van der Waals surface area contributed by atoms with E-state index < -0.39 is 26.8 Å². The van der Waals surface area contributed by atoms with E-state index in [9.17, 15) is 18.0 Å². The summed E-state index contributed by atoms with van der Waals surface area (Å²) in [5, 5.41) is 2.70. The highest BCUT2D eigenvalue weighted by Crippen LogP contribution is 2.36. The highest BCUT2D eigenvalue weighted by molar-refractivity contribution is 7.89. The van der Waals surface area contributed by atoms with Gasteiger partial charge in [-0.15, -0.1) is 11.3 Å². The number of benzene rings is 1. The maximum Gasteiger partial charge on any atom is 0.331 e. The number of nitrogens with zero attached hydrogens (tertiary/aromatic N) is 3. The normalized spacial score (nSPS) is 15.9. The van der Waals surface area contributed by atoms with Gasteiger partial charge in [-0.2, -0.15) is 0 Å². The summed E-state index contributed by atoms with van der Waals surface area (Å²) in [7, 11) is -2.36. The highest BCUT2D eigenvalue weighted by Gasteiger charge is 2.41. The van der Waals surface area contributed by atoms with Crippen LogP contribution in [-0.2, 0) is 23.6 Å². The predicted octanol–water partition coefficient (Wildman–Crippen LogP) is 1.04. The molecular weight excluding hydrogens is 388 g/mol. The van der Waals surface area contributed by atoms with E-state index in [0.717, 1.165) is 22.4 Å². The Labute approximate surface area is 159 Å². The number of nitrogens with one attached hydrogen (secondary N) is 1. The second-order valence-electron chi connectivity index (χ2n) is 7.00. The Balaban J connectivity index is 1.89. The summed E-state index contributed by atoms with van der Waals surface area (Å²) in [4.78, 5) is 29.4. The number of sulfonamides is 1. The first kappa shape index (κ1) is 18.1. The summed E-state index contributed by atoms with van der Waals surface area (Å²) in [6.07, 6.45) is 3.22. The molecule has 0 atom stereocenters. The van der Waals surface area contributed by atoms with Gasteiger partial charge in [0, 0.05) is 24.2 Å². The highest BCUT2D eigenvalue weighted by atomic mass is 32.2. The molecular formula is C17H18N4O4S2. The second-order valence-corrected chi connectivity index (χ2v) is 9.67. The monoisotopic (exact) mass is 406 g/mol. The SMILES string of the molecule is Cn1c(=O)c2cc(S(=O)(=O)NC3(C)CC3)ccc2n(Cc2nccs2)c1=O. The number of rotatable bonds is 5. The predicted molar refractivity (Wildman–Crippen MR) is 103 cm³/mol. The van der Waals surface area contributed by atoms with Crippen molar-refractivity contribution in [2.24, 2.45) is 7.05 Å². The molecule has 0 unspecified atom stereocenters. The average molecular weight is 406 g/mol. The van der Waals surface area contributed by atoms with Crippen LogP contribution in [0.3, 0.4) is 0 Å². The molecule has 0 spiro atoms. The first-order valence-corrected chi connectivity index (χ1v) is 10.7. The molecule has 0 amide bonds. The minimum atomic E-state index is -3.75. The molecule has 1 fully saturated rings. The zero-order chi connectivity index (χ0) is 19.4. The fourth-order valence-electron chi connectivity index (χ4n) is 2.93. The Morgan fingerprint density at radius 3 is 2.67 bits per heavy atom. The summed E-state index contributed by atoms with van der Waals surface area (Å²) in [5.74, 6) is 0. The number of fused-ring (bicyclic) bond motifs is 1. The Kier molecular flexibility index (Phi) is 4.09. The summed E-state index contributed by atoms with van der Waals surface area (Å²) < 4.78 is 30.4. The third kappa shape index (κ3) is 3.24. The maximum absolute atomic E-state index is 12.6. The van der Waals surface area contributed by atoms with Crippen molar-refractivity contribution in [3.63, 3.8) is 0 Å². The van der Waals surface area contributed by atoms with E-state index in [4.69, 9.17) is 0 Å². The van der Waals surface area contributed by atoms with Gasteiger partial charge in [0.2, 0.25) is 10.0 Å². The molecule has 0 saturated heterocycles. The average Bonchev–Trinajstić information content (AvgIpc) is 3.12. The van der Waals surface area contributed by atoms with Crippen LogP contribution >= 0.6 is 11.3 Å². The van der Waals surface area contributed by atoms with Crippen LogP contribution < -0.4 is 16.0 Å². The molecule has 1 aromatic carbocycles. The minimum absolute atomic E-state index is 0.0136. The molecule has 8 nitrogen and oxygen atoms in total. The fraction of sp³-hybridized carbons (Fsp3) is 0.353. The van der Waals surface area contributed by atoms with Gasteiger partial charge in [-0.3, -0.25) is 13.9 Å². The molecule has 2 aromatic heterocycles. The fourth-order valence-corrected chi connectivity index (χ4v) is 5.03. The van der Waals surface area contributed by atoms with E-state index in [1.54, 1.807) is 11.6 Å². The summed E-state index contributed by atoms with van der Waals surface area (Å²) in [6, 6.07) is 4.27. The van der Waals surface area contributed by atoms with Gasteiger partial charge in [0.1, 0.15) is 5.01 Å². The molecule has 0 bridgehead atoms. The molecule has 3 aromatic rings. The molecule has 142 valence electrons. The first-order chi connectivity index (χ1) is 12.7. The van der Waals surface area contributed by atoms with Gasteiger partial charge in [-0.1, -0.05) is 0 Å². The van der Waals surface area contributed by atoms with Crippen LogP contribution in [-0.4, -0.2) is 28.1 Å². The molecule has 1 aliphatic rings. The molecule has 1 aliphatic carbocycles. The Morgan fingerprint density at radius 2 is 2.04 bits per heavy atom. The van der Waals surface area contributed by atoms with Gasteiger partial charge < -0.3 is 0 Å². The van der Waals surface area contributed by atoms with Crippen LogP contribution in [0.15, 0.2) is 44.3 Å². The topological polar surface area (TPSA) is 103 Å². The van der Waals surface area contributed by atoms with Gasteiger partial charge >= 0.3 is 5.69 Å². The number of aromatic nitrogens is 3. The smallest absolute Gasteiger partial charge is 0.286 e. The van der Waals surface area contributed by atoms with Crippen LogP contribution in [0.1, 0.15) is 24.8 Å². The third-order valence-electron chi connectivity index (χ3n) is 4.78. The lowest BCUT2D eigenvalue weighted by atomic mass is 10.2. The molecule has 0 radical (unpaired) electrons. The van der Waals surface area contributed by atoms with Gasteiger partial charge in [0.05, 0.1) is 22.3 Å². The van der Waals surface area contributed by atoms with Crippen molar-refractivity contribution < 1.29 is 8.42 Å². The van der Waals surface area contributed by atoms with Gasteiger partial charge in [-0.25, -0.2) is 22.9 Å². The molecule has 0 aliphatic heterocycles. The van der Waals surface area contributed by atoms with Gasteiger partial charge in [-0.05, 0) is 38.0 Å². The first-order valence-electron chi connectivity index (χ1n) is 8.36. The van der Waals surface area contributed by atoms with Gasteiger partial charge in [0.15, 0.2) is 0 Å². The number of hydrogen-bond acceptors (Lipinski definition) is 6. The van der Waals surface area contributed by atoms with Crippen molar-refractivity contribution in [3.8, 4) is 0 Å². The second kappa shape index (κ2) is 6.11. The minimum Gasteiger partial charge on any atom is -0.286 e. The molecule has 2 heterocycles.